The molecular weight excluding hydrogens is 220 g/mol. The zero-order valence-corrected chi connectivity index (χ0v) is 10.4. The van der Waals surface area contributed by atoms with Crippen molar-refractivity contribution in [1.82, 2.24) is 19.9 Å². The standard InChI is InChI=1S/C11H16N4S/c1-3-9(12-2)8-16-11-14-13-10-6-4-5-7-15(10)11/h4-7,9,12H,3,8H2,1-2H3. The van der Waals surface area contributed by atoms with E-state index >= 15 is 0 Å². The minimum absolute atomic E-state index is 0.529. The van der Waals surface area contributed by atoms with E-state index in [0.29, 0.717) is 6.04 Å². The van der Waals surface area contributed by atoms with Gasteiger partial charge >= 0.3 is 0 Å². The Labute approximate surface area is 99.5 Å². The number of rotatable bonds is 5. The first-order valence-electron chi connectivity index (χ1n) is 5.45. The maximum atomic E-state index is 4.18. The second kappa shape index (κ2) is 5.32. The maximum absolute atomic E-state index is 4.18. The van der Waals surface area contributed by atoms with Gasteiger partial charge in [0.15, 0.2) is 10.8 Å². The topological polar surface area (TPSA) is 42.2 Å². The number of pyridine rings is 1. The van der Waals surface area contributed by atoms with Crippen LogP contribution < -0.4 is 5.32 Å². The first-order chi connectivity index (χ1) is 7.85. The summed E-state index contributed by atoms with van der Waals surface area (Å²) in [6.45, 7) is 2.18. The van der Waals surface area contributed by atoms with Crippen LogP contribution in [0.3, 0.4) is 0 Å². The molecule has 4 nitrogen and oxygen atoms in total. The lowest BCUT2D eigenvalue weighted by Gasteiger charge is -2.11. The Morgan fingerprint density at radius 2 is 2.31 bits per heavy atom. The van der Waals surface area contributed by atoms with Crippen LogP contribution in [0.1, 0.15) is 13.3 Å². The van der Waals surface area contributed by atoms with Crippen LogP contribution in [0.15, 0.2) is 29.6 Å². The van der Waals surface area contributed by atoms with Gasteiger partial charge in [-0.2, -0.15) is 0 Å². The molecule has 5 heteroatoms. The van der Waals surface area contributed by atoms with Gasteiger partial charge in [-0.15, -0.1) is 10.2 Å². The van der Waals surface area contributed by atoms with Gasteiger partial charge in [-0.05, 0) is 25.6 Å². The molecule has 0 aromatic carbocycles. The average molecular weight is 236 g/mol. The van der Waals surface area contributed by atoms with Crippen molar-refractivity contribution in [3.8, 4) is 0 Å². The summed E-state index contributed by atoms with van der Waals surface area (Å²) in [6, 6.07) is 6.46. The van der Waals surface area contributed by atoms with Gasteiger partial charge in [0.05, 0.1) is 0 Å². The van der Waals surface area contributed by atoms with E-state index in [0.717, 1.165) is 23.0 Å². The van der Waals surface area contributed by atoms with E-state index in [1.54, 1.807) is 11.8 Å². The van der Waals surface area contributed by atoms with Gasteiger partial charge in [0.2, 0.25) is 0 Å². The molecule has 0 fully saturated rings. The molecule has 2 aromatic rings. The van der Waals surface area contributed by atoms with Gasteiger partial charge in [-0.1, -0.05) is 24.8 Å². The normalized spacial score (nSPS) is 13.1. The number of hydrogen-bond acceptors (Lipinski definition) is 4. The minimum Gasteiger partial charge on any atom is -0.316 e. The summed E-state index contributed by atoms with van der Waals surface area (Å²) in [5.41, 5.74) is 0.905. The van der Waals surface area contributed by atoms with Crippen molar-refractivity contribution >= 4 is 17.4 Å². The minimum atomic E-state index is 0.529. The lowest BCUT2D eigenvalue weighted by Crippen LogP contribution is -2.26. The highest BCUT2D eigenvalue weighted by molar-refractivity contribution is 7.99. The third-order valence-corrected chi connectivity index (χ3v) is 3.70. The molecule has 1 N–H and O–H groups in total. The van der Waals surface area contributed by atoms with Crippen LogP contribution in [0.4, 0.5) is 0 Å². The van der Waals surface area contributed by atoms with E-state index in [4.69, 9.17) is 0 Å². The van der Waals surface area contributed by atoms with E-state index in [1.165, 1.54) is 0 Å². The number of thioether (sulfide) groups is 1. The molecule has 0 aliphatic heterocycles. The van der Waals surface area contributed by atoms with Crippen molar-refractivity contribution in [3.63, 3.8) is 0 Å². The maximum Gasteiger partial charge on any atom is 0.195 e. The van der Waals surface area contributed by atoms with Gasteiger partial charge in [0.1, 0.15) is 0 Å². The smallest absolute Gasteiger partial charge is 0.195 e. The highest BCUT2D eigenvalue weighted by atomic mass is 32.2. The lowest BCUT2D eigenvalue weighted by atomic mass is 10.3. The first-order valence-corrected chi connectivity index (χ1v) is 6.43. The zero-order chi connectivity index (χ0) is 11.4. The Morgan fingerprint density at radius 3 is 3.06 bits per heavy atom. The fraction of sp³-hybridized carbons (Fsp3) is 0.455. The second-order valence-corrected chi connectivity index (χ2v) is 4.60. The molecule has 0 radical (unpaired) electrons. The summed E-state index contributed by atoms with van der Waals surface area (Å²) in [6.07, 6.45) is 3.12. The zero-order valence-electron chi connectivity index (χ0n) is 9.55. The predicted octanol–water partition coefficient (Wildman–Crippen LogP) is 1.82. The van der Waals surface area contributed by atoms with Crippen LogP contribution in [-0.4, -0.2) is 33.4 Å². The van der Waals surface area contributed by atoms with Gasteiger partial charge < -0.3 is 5.32 Å². The Kier molecular flexibility index (Phi) is 3.79. The van der Waals surface area contributed by atoms with Crippen molar-refractivity contribution in [2.45, 2.75) is 24.5 Å². The molecule has 86 valence electrons. The highest BCUT2D eigenvalue weighted by Gasteiger charge is 2.08. The van der Waals surface area contributed by atoms with Crippen LogP contribution in [0.25, 0.3) is 5.65 Å². The largest absolute Gasteiger partial charge is 0.316 e. The average Bonchev–Trinajstić information content (AvgIpc) is 2.74. The van der Waals surface area contributed by atoms with E-state index in [9.17, 15) is 0 Å². The van der Waals surface area contributed by atoms with Crippen molar-refractivity contribution in [1.29, 1.82) is 0 Å². The molecule has 2 aromatic heterocycles. The quantitative estimate of drug-likeness (QED) is 0.804. The fourth-order valence-electron chi connectivity index (χ4n) is 1.50. The van der Waals surface area contributed by atoms with Gasteiger partial charge in [-0.3, -0.25) is 4.40 Å². The summed E-state index contributed by atoms with van der Waals surface area (Å²) in [7, 11) is 2.00. The third kappa shape index (κ3) is 2.36. The van der Waals surface area contributed by atoms with E-state index in [1.807, 2.05) is 35.8 Å². The molecule has 2 heterocycles. The molecule has 0 bridgehead atoms. The van der Waals surface area contributed by atoms with Crippen LogP contribution in [0.5, 0.6) is 0 Å². The summed E-state index contributed by atoms with van der Waals surface area (Å²) in [5.74, 6) is 1.02. The van der Waals surface area contributed by atoms with Crippen LogP contribution in [0, 0.1) is 0 Å². The molecular formula is C11H16N4S. The highest BCUT2D eigenvalue weighted by Crippen LogP contribution is 2.17. The Balaban J connectivity index is 2.09. The molecule has 1 atom stereocenters. The van der Waals surface area contributed by atoms with E-state index < -0.39 is 0 Å². The summed E-state index contributed by atoms with van der Waals surface area (Å²) < 4.78 is 2.02. The molecule has 0 aliphatic carbocycles. The lowest BCUT2D eigenvalue weighted by molar-refractivity contribution is 0.601. The van der Waals surface area contributed by atoms with E-state index in [2.05, 4.69) is 22.4 Å². The van der Waals surface area contributed by atoms with Gasteiger partial charge in [0.25, 0.3) is 0 Å². The Hall–Kier alpha value is -1.07. The van der Waals surface area contributed by atoms with Crippen LogP contribution >= 0.6 is 11.8 Å². The predicted molar refractivity (Wildman–Crippen MR) is 66.8 cm³/mol. The molecule has 0 aliphatic rings. The molecule has 0 saturated heterocycles. The SMILES string of the molecule is CCC(CSc1nnc2ccccn12)NC. The van der Waals surface area contributed by atoms with Crippen molar-refractivity contribution in [2.75, 3.05) is 12.8 Å². The Bertz CT molecular complexity index is 450. The Morgan fingerprint density at radius 1 is 1.44 bits per heavy atom. The molecule has 0 saturated carbocycles. The van der Waals surface area contributed by atoms with Crippen molar-refractivity contribution < 1.29 is 0 Å². The molecule has 1 unspecified atom stereocenters. The second-order valence-electron chi connectivity index (χ2n) is 3.62. The number of hydrogen-bond donors (Lipinski definition) is 1. The number of nitrogens with zero attached hydrogens (tertiary/aromatic N) is 3. The number of nitrogens with one attached hydrogen (secondary N) is 1. The monoisotopic (exact) mass is 236 g/mol. The van der Waals surface area contributed by atoms with Crippen molar-refractivity contribution in [2.24, 2.45) is 0 Å². The van der Waals surface area contributed by atoms with Crippen molar-refractivity contribution in [3.05, 3.63) is 24.4 Å². The summed E-state index contributed by atoms with van der Waals surface area (Å²) in [4.78, 5) is 0. The molecule has 0 amide bonds. The van der Waals surface area contributed by atoms with Gasteiger partial charge in [-0.25, -0.2) is 0 Å². The summed E-state index contributed by atoms with van der Waals surface area (Å²) in [5, 5.41) is 12.6. The van der Waals surface area contributed by atoms with Gasteiger partial charge in [0, 0.05) is 18.0 Å². The number of fused-ring (bicyclic) bond motifs is 1. The third-order valence-electron chi connectivity index (χ3n) is 2.60. The van der Waals surface area contributed by atoms with Crippen LogP contribution in [0.2, 0.25) is 0 Å². The summed E-state index contributed by atoms with van der Waals surface area (Å²) >= 11 is 1.74. The number of aromatic nitrogens is 3. The molecule has 16 heavy (non-hydrogen) atoms. The molecule has 0 spiro atoms. The van der Waals surface area contributed by atoms with Crippen LogP contribution in [-0.2, 0) is 0 Å². The fourth-order valence-corrected chi connectivity index (χ4v) is 2.64. The first kappa shape index (κ1) is 11.4. The van der Waals surface area contributed by atoms with E-state index in [-0.39, 0.29) is 0 Å². The molecule has 2 rings (SSSR count).